The molecule has 0 aromatic carbocycles. The Morgan fingerprint density at radius 3 is 2.28 bits per heavy atom. The average Bonchev–Trinajstić information content (AvgIpc) is 3.79. The van der Waals surface area contributed by atoms with Gasteiger partial charge in [-0.05, 0) is 32.1 Å². The highest BCUT2D eigenvalue weighted by Crippen LogP contribution is 2.61. The topological polar surface area (TPSA) is 364 Å². The van der Waals surface area contributed by atoms with Gasteiger partial charge >= 0.3 is 23.5 Å². The van der Waals surface area contributed by atoms with Gasteiger partial charge in [-0.3, -0.25) is 32.5 Å². The van der Waals surface area contributed by atoms with Crippen LogP contribution in [0.25, 0.3) is 11.2 Å². The van der Waals surface area contributed by atoms with Crippen molar-refractivity contribution in [2.45, 2.75) is 109 Å². The lowest BCUT2D eigenvalue weighted by molar-refractivity contribution is -0.137. The lowest BCUT2D eigenvalue weighted by Crippen LogP contribution is -2.46. The maximum Gasteiger partial charge on any atom is 0.481 e. The van der Waals surface area contributed by atoms with Crippen molar-refractivity contribution in [1.82, 2.24) is 30.2 Å². The van der Waals surface area contributed by atoms with Gasteiger partial charge < -0.3 is 50.9 Å². The first-order valence-corrected chi connectivity index (χ1v) is 26.1. The van der Waals surface area contributed by atoms with E-state index in [0.29, 0.717) is 18.6 Å². The molecule has 2 unspecified atom stereocenters. The molecule has 2 aromatic heterocycles. The van der Waals surface area contributed by atoms with E-state index in [4.69, 9.17) is 19.5 Å². The number of nitrogen functional groups attached to an aromatic ring is 1. The van der Waals surface area contributed by atoms with E-state index in [1.165, 1.54) is 33.1 Å². The van der Waals surface area contributed by atoms with E-state index < -0.39 is 84.6 Å². The van der Waals surface area contributed by atoms with Crippen LogP contribution in [0, 0.1) is 5.41 Å². The highest BCUT2D eigenvalue weighted by atomic mass is 32.2. The van der Waals surface area contributed by atoms with Crippen LogP contribution in [0.4, 0.5) is 5.82 Å². The van der Waals surface area contributed by atoms with Gasteiger partial charge in [-0.1, -0.05) is 81.8 Å². The molecule has 24 nitrogen and oxygen atoms in total. The number of allylic oxidation sites excluding steroid dienone is 6. The number of unbranched alkanes of at least 4 members (excludes halogenated alkanes) is 3. The van der Waals surface area contributed by atoms with Crippen molar-refractivity contribution in [3.05, 3.63) is 49.1 Å². The number of fused-ring (bicyclic) bond motifs is 1. The molecule has 1 fully saturated rings. The number of imidazole rings is 1. The molecule has 366 valence electrons. The molecule has 3 rings (SSSR count). The van der Waals surface area contributed by atoms with Gasteiger partial charge in [0.2, 0.25) is 11.8 Å². The van der Waals surface area contributed by atoms with Crippen LogP contribution < -0.4 is 16.4 Å². The van der Waals surface area contributed by atoms with Crippen LogP contribution in [-0.2, 0) is 50.7 Å². The number of anilines is 1. The van der Waals surface area contributed by atoms with Crippen molar-refractivity contribution in [2.75, 3.05) is 37.8 Å². The van der Waals surface area contributed by atoms with Crippen LogP contribution in [-0.4, -0.2) is 123 Å². The third-order valence-corrected chi connectivity index (χ3v) is 13.3. The first-order valence-electron chi connectivity index (χ1n) is 20.6. The SMILES string of the molecule is CCCCC/C=C\C/C=C\C/C=C\CCC(=O)SCCNC(=O)CCNC(=O)[C@H](O)C(C)(C)COP(=O)(O)OP(=O)(O)OC[C@H]1O[C@@H](n2cnc3c(N)ncnc32)[C@H](O)[C@@H]1OP(=O)(O)O. The van der Waals surface area contributed by atoms with Crippen molar-refractivity contribution < 1.29 is 80.5 Å². The number of phosphoric acid groups is 3. The van der Waals surface area contributed by atoms with Gasteiger partial charge in [0, 0.05) is 37.1 Å². The Morgan fingerprint density at radius 1 is 0.938 bits per heavy atom. The van der Waals surface area contributed by atoms with Crippen molar-refractivity contribution in [3.63, 3.8) is 0 Å². The molecule has 3 heterocycles. The molecule has 1 aliphatic rings. The van der Waals surface area contributed by atoms with E-state index >= 15 is 0 Å². The third kappa shape index (κ3) is 20.3. The van der Waals surface area contributed by atoms with Crippen LogP contribution in [0.1, 0.15) is 84.8 Å². The number of hydrogen-bond acceptors (Lipinski definition) is 18. The molecule has 0 spiro atoms. The normalized spacial score (nSPS) is 20.7. The molecule has 0 radical (unpaired) electrons. The molecule has 10 N–H and O–H groups in total. The number of carbonyl (C=O) groups excluding carboxylic acids is 3. The number of aliphatic hydroxyl groups excluding tert-OH is 2. The number of nitrogens with two attached hydrogens (primary N) is 1. The Labute approximate surface area is 380 Å². The number of phosphoric ester groups is 3. The molecule has 0 saturated carbocycles. The minimum Gasteiger partial charge on any atom is -0.386 e. The van der Waals surface area contributed by atoms with Gasteiger partial charge in [-0.25, -0.2) is 28.6 Å². The molecule has 2 amide bonds. The van der Waals surface area contributed by atoms with Gasteiger partial charge in [0.25, 0.3) is 0 Å². The second-order valence-corrected chi connectivity index (χ2v) is 20.6. The Hall–Kier alpha value is -3.22. The predicted molar refractivity (Wildman–Crippen MR) is 237 cm³/mol. The fourth-order valence-corrected chi connectivity index (χ4v) is 9.38. The van der Waals surface area contributed by atoms with Crippen LogP contribution in [0.5, 0.6) is 0 Å². The number of aliphatic hydroxyl groups is 2. The number of nitrogens with zero attached hydrogens (tertiary/aromatic N) is 4. The zero-order chi connectivity index (χ0) is 48.3. The number of carbonyl (C=O) groups is 3. The quantitative estimate of drug-likeness (QED) is 0.0307. The number of rotatable bonds is 30. The van der Waals surface area contributed by atoms with Crippen molar-refractivity contribution >= 4 is 69.1 Å². The molecule has 1 saturated heterocycles. The molecule has 0 aliphatic carbocycles. The van der Waals surface area contributed by atoms with Gasteiger partial charge in [0.1, 0.15) is 36.3 Å². The Bertz CT molecular complexity index is 2100. The molecule has 1 aliphatic heterocycles. The van der Waals surface area contributed by atoms with Gasteiger partial charge in [-0.15, -0.1) is 0 Å². The number of ether oxygens (including phenoxy) is 1. The molecular weight excluding hydrogens is 939 g/mol. The largest absolute Gasteiger partial charge is 0.481 e. The second-order valence-electron chi connectivity index (χ2n) is 15.2. The van der Waals surface area contributed by atoms with Gasteiger partial charge in [0.15, 0.2) is 22.8 Å². The Balaban J connectivity index is 1.35. The number of nitrogens with one attached hydrogen (secondary N) is 2. The van der Waals surface area contributed by atoms with Crippen LogP contribution in [0.15, 0.2) is 49.1 Å². The summed E-state index contributed by atoms with van der Waals surface area (Å²) in [5, 5.41) is 26.5. The standard InChI is InChI=1S/C37H60N7O17P3S/c1-4-5-6-7-8-9-10-11-12-13-14-15-16-17-28(46)65-21-20-39-27(45)18-19-40-35(49)32(48)37(2,3)23-58-64(55,56)61-63(53,54)57-22-26-31(60-62(50,51)52)30(47)36(59-26)44-25-43-29-33(38)41-24-42-34(29)44/h8-9,11-12,14-15,24-26,30-32,36,47-48H,4-7,10,13,16-23H2,1-3H3,(H,39,45)(H,40,49)(H,53,54)(H,55,56)(H2,38,41,42)(H2,50,51,52)/b9-8-,12-11-,15-14-/t26-,30-,31-,32+,36-/m1/s1. The second kappa shape index (κ2) is 26.9. The van der Waals surface area contributed by atoms with Crippen molar-refractivity contribution in [1.29, 1.82) is 0 Å². The van der Waals surface area contributed by atoms with Crippen molar-refractivity contribution in [3.8, 4) is 0 Å². The van der Waals surface area contributed by atoms with Crippen LogP contribution >= 0.6 is 35.2 Å². The predicted octanol–water partition coefficient (Wildman–Crippen LogP) is 3.47. The van der Waals surface area contributed by atoms with Crippen molar-refractivity contribution in [2.24, 2.45) is 5.41 Å². The number of aromatic nitrogens is 4. The maximum atomic E-state index is 12.7. The smallest absolute Gasteiger partial charge is 0.386 e. The average molecular weight is 1000 g/mol. The zero-order valence-corrected chi connectivity index (χ0v) is 39.7. The van der Waals surface area contributed by atoms with E-state index in [1.54, 1.807) is 0 Å². The lowest BCUT2D eigenvalue weighted by atomic mass is 9.87. The molecule has 7 atom stereocenters. The number of amides is 2. The first-order chi connectivity index (χ1) is 30.6. The van der Waals surface area contributed by atoms with Gasteiger partial charge in [0.05, 0.1) is 19.5 Å². The first kappa shape index (κ1) is 56.1. The molecular formula is C37H60N7O17P3S. The summed E-state index contributed by atoms with van der Waals surface area (Å²) in [5.41, 5.74) is 4.27. The summed E-state index contributed by atoms with van der Waals surface area (Å²) in [6, 6.07) is 0. The molecule has 0 bridgehead atoms. The summed E-state index contributed by atoms with van der Waals surface area (Å²) >= 11 is 1.10. The monoisotopic (exact) mass is 999 g/mol. The summed E-state index contributed by atoms with van der Waals surface area (Å²) in [6.07, 6.45) is 13.1. The summed E-state index contributed by atoms with van der Waals surface area (Å²) in [5.74, 6) is -1.10. The minimum atomic E-state index is -5.58. The zero-order valence-electron chi connectivity index (χ0n) is 36.2. The Morgan fingerprint density at radius 2 is 1.60 bits per heavy atom. The third-order valence-electron chi connectivity index (χ3n) is 9.30. The highest BCUT2D eigenvalue weighted by Gasteiger charge is 2.50. The van der Waals surface area contributed by atoms with Gasteiger partial charge in [-0.2, -0.15) is 4.31 Å². The molecule has 28 heteroatoms. The van der Waals surface area contributed by atoms with E-state index in [0.717, 1.165) is 48.2 Å². The minimum absolute atomic E-state index is 0.00965. The van der Waals surface area contributed by atoms with E-state index in [-0.39, 0.29) is 41.6 Å². The molecule has 2 aromatic rings. The number of hydrogen-bond donors (Lipinski definition) is 9. The summed E-state index contributed by atoms with van der Waals surface area (Å²) in [6.45, 7) is 2.69. The van der Waals surface area contributed by atoms with E-state index in [1.807, 2.05) is 12.2 Å². The van der Waals surface area contributed by atoms with E-state index in [9.17, 15) is 57.9 Å². The Kier molecular flexibility index (Phi) is 23.3. The fraction of sp³-hybridized carbons (Fsp3) is 0.622. The fourth-order valence-electron chi connectivity index (χ4n) is 5.86. The highest BCUT2D eigenvalue weighted by molar-refractivity contribution is 8.13. The van der Waals surface area contributed by atoms with Crippen LogP contribution in [0.3, 0.4) is 0 Å². The van der Waals surface area contributed by atoms with Crippen LogP contribution in [0.2, 0.25) is 0 Å². The molecule has 65 heavy (non-hydrogen) atoms. The summed E-state index contributed by atoms with van der Waals surface area (Å²) in [4.78, 5) is 88.2. The summed E-state index contributed by atoms with van der Waals surface area (Å²) < 4.78 is 62.3. The lowest BCUT2D eigenvalue weighted by Gasteiger charge is -2.30. The maximum absolute atomic E-state index is 12.7. The number of thioether (sulfide) groups is 1. The van der Waals surface area contributed by atoms with E-state index in [2.05, 4.69) is 65.6 Å². The summed E-state index contributed by atoms with van der Waals surface area (Å²) in [7, 11) is -16.4.